The third kappa shape index (κ3) is 7.26. The van der Waals surface area contributed by atoms with Gasteiger partial charge in [-0.25, -0.2) is 52.7 Å². The summed E-state index contributed by atoms with van der Waals surface area (Å²) < 4.78 is 184. The summed E-state index contributed by atoms with van der Waals surface area (Å²) in [6, 6.07) is 0. The van der Waals surface area contributed by atoms with E-state index in [4.69, 9.17) is 0 Å². The van der Waals surface area contributed by atoms with Crippen LogP contribution in [-0.2, 0) is 0 Å². The molecule has 0 amide bonds. The Balaban J connectivity index is 0.872. The summed E-state index contributed by atoms with van der Waals surface area (Å²) in [4.78, 5) is 0. The minimum Gasteiger partial charge on any atom is -0.286 e. The fourth-order valence-electron chi connectivity index (χ4n) is 18.5. The van der Waals surface area contributed by atoms with Crippen molar-refractivity contribution in [2.24, 2.45) is 94.7 Å². The van der Waals surface area contributed by atoms with E-state index in [1.807, 2.05) is 0 Å². The zero-order valence-electron chi connectivity index (χ0n) is 37.8. The number of halogens is 12. The molecule has 68 heavy (non-hydrogen) atoms. The molecule has 5 saturated heterocycles. The van der Waals surface area contributed by atoms with E-state index in [2.05, 4.69) is 42.5 Å². The van der Waals surface area contributed by atoms with Crippen LogP contribution in [0.3, 0.4) is 0 Å². The third-order valence-electron chi connectivity index (χ3n) is 21.8. The maximum absolute atomic E-state index is 15.9. The van der Waals surface area contributed by atoms with Gasteiger partial charge in [0.05, 0.1) is 49.3 Å². The Morgan fingerprint density at radius 3 is 0.515 bits per heavy atom. The van der Waals surface area contributed by atoms with E-state index in [9.17, 15) is 0 Å². The first kappa shape index (κ1) is 46.6. The molecule has 36 atom stereocenters. The van der Waals surface area contributed by atoms with Crippen molar-refractivity contribution >= 4 is 0 Å². The SMILES string of the molecule is FC1CC2CC3C4NC(NC5NC(NC6NC(NC7NC(N4)C4CC8C(F)C(F)C(F)C(F)C8CC74)C4CC7CC(F)C(F)CC7CC64)C4CC6C(F)C(F)C(F)C(F)C6CC54)C3CC2CC1F. The fourth-order valence-corrected chi connectivity index (χ4v) is 18.5. The van der Waals surface area contributed by atoms with E-state index in [0.717, 1.165) is 0 Å². The van der Waals surface area contributed by atoms with Crippen molar-refractivity contribution in [3.8, 4) is 0 Å². The zero-order valence-corrected chi connectivity index (χ0v) is 37.8. The van der Waals surface area contributed by atoms with E-state index in [1.54, 1.807) is 0 Å². The fraction of sp³-hybridized carbons (Fsp3) is 1.00. The Labute approximate surface area is 389 Å². The summed E-state index contributed by atoms with van der Waals surface area (Å²) in [7, 11) is 0. The first-order chi connectivity index (χ1) is 32.6. The number of hydrogen-bond donors (Lipinski definition) is 8. The Bertz CT molecular complexity index is 1620. The van der Waals surface area contributed by atoms with Gasteiger partial charge in [-0.2, -0.15) is 0 Å². The molecule has 13 fully saturated rings. The molecule has 384 valence electrons. The van der Waals surface area contributed by atoms with E-state index >= 15 is 52.7 Å². The Morgan fingerprint density at radius 1 is 0.176 bits per heavy atom. The molecule has 8 nitrogen and oxygen atoms in total. The molecule has 0 aromatic rings. The van der Waals surface area contributed by atoms with Crippen molar-refractivity contribution in [3.05, 3.63) is 0 Å². The smallest absolute Gasteiger partial charge is 0.165 e. The molecule has 0 aromatic heterocycles. The van der Waals surface area contributed by atoms with Crippen LogP contribution in [0.1, 0.15) is 77.0 Å². The maximum Gasteiger partial charge on any atom is 0.165 e. The van der Waals surface area contributed by atoms with Gasteiger partial charge in [-0.3, -0.25) is 42.5 Å². The van der Waals surface area contributed by atoms with Crippen LogP contribution in [0.5, 0.6) is 0 Å². The summed E-state index contributed by atoms with van der Waals surface area (Å²) in [6.07, 6.45) is -26.1. The summed E-state index contributed by atoms with van der Waals surface area (Å²) in [5.41, 5.74) is 0. The van der Waals surface area contributed by atoms with Crippen molar-refractivity contribution < 1.29 is 52.7 Å². The summed E-state index contributed by atoms with van der Waals surface area (Å²) in [5, 5.41) is 30.4. The van der Waals surface area contributed by atoms with Gasteiger partial charge in [0.25, 0.3) is 0 Å². The highest BCUT2D eigenvalue weighted by molar-refractivity contribution is 5.15. The lowest BCUT2D eigenvalue weighted by molar-refractivity contribution is -0.110. The van der Waals surface area contributed by atoms with Crippen LogP contribution < -0.4 is 42.5 Å². The highest BCUT2D eigenvalue weighted by atomic mass is 19.2. The van der Waals surface area contributed by atoms with Crippen LogP contribution in [0.4, 0.5) is 52.7 Å². The number of fused-ring (bicyclic) bond motifs is 24. The van der Waals surface area contributed by atoms with Gasteiger partial charge in [-0.15, -0.1) is 0 Å². The second-order valence-electron chi connectivity index (χ2n) is 24.6. The monoisotopic (exact) mass is 985 g/mol. The van der Waals surface area contributed by atoms with Crippen LogP contribution in [0, 0.1) is 94.7 Å². The van der Waals surface area contributed by atoms with E-state index in [-0.39, 0.29) is 122 Å². The standard InChI is InChI=1S/C48H68F12N8/c49-29-5-13-1-21-22(2-14(13)6-30(29)50)42-61-41(21)63-45-25-9-17-18(34(54)38(58)37(57)33(17)53)10-26(25)47(67-45)65-43-23-3-15-7-31(51)32(52)8-16(15)4-24(23)44(62-43)66-48-28-12-20-19(11-27(28)46(64-42)68-48)35(55)39(59)40(60)36(20)56/h13-48,61-68H,1-12H2. The minimum absolute atomic E-state index is 0.0814. The molecule has 13 aliphatic rings. The molecule has 8 saturated carbocycles. The van der Waals surface area contributed by atoms with Gasteiger partial charge in [0, 0.05) is 0 Å². The minimum atomic E-state index is -2.58. The Hall–Kier alpha value is -1.16. The van der Waals surface area contributed by atoms with Crippen LogP contribution >= 0.6 is 0 Å². The highest BCUT2D eigenvalue weighted by Gasteiger charge is 2.64. The lowest BCUT2D eigenvalue weighted by Gasteiger charge is -2.48. The Kier molecular flexibility index (Phi) is 11.8. The lowest BCUT2D eigenvalue weighted by Crippen LogP contribution is -2.61. The number of nitrogens with one attached hydrogen (secondary N) is 8. The van der Waals surface area contributed by atoms with Gasteiger partial charge in [-0.05, 0) is 172 Å². The predicted molar refractivity (Wildman–Crippen MR) is 225 cm³/mol. The summed E-state index contributed by atoms with van der Waals surface area (Å²) in [6.45, 7) is 0. The van der Waals surface area contributed by atoms with Gasteiger partial charge in [-0.1, -0.05) is 0 Å². The molecule has 0 radical (unpaired) electrons. The topological polar surface area (TPSA) is 96.2 Å². The largest absolute Gasteiger partial charge is 0.286 e. The molecule has 0 aromatic carbocycles. The highest BCUT2D eigenvalue weighted by Crippen LogP contribution is 2.57. The molecule has 5 heterocycles. The number of rotatable bonds is 0. The van der Waals surface area contributed by atoms with E-state index in [1.165, 1.54) is 0 Å². The average molecular weight is 985 g/mol. The van der Waals surface area contributed by atoms with Crippen molar-refractivity contribution in [2.45, 2.75) is 200 Å². The van der Waals surface area contributed by atoms with Crippen molar-refractivity contribution in [1.29, 1.82) is 0 Å². The number of hydrogen-bond acceptors (Lipinski definition) is 8. The van der Waals surface area contributed by atoms with Crippen LogP contribution in [-0.4, -0.2) is 123 Å². The molecule has 8 N–H and O–H groups in total. The molecule has 8 bridgehead atoms. The molecule has 13 rings (SSSR count). The second-order valence-corrected chi connectivity index (χ2v) is 24.6. The normalized spacial score (nSPS) is 64.8. The van der Waals surface area contributed by atoms with Crippen LogP contribution in [0.2, 0.25) is 0 Å². The number of alkyl halides is 12. The van der Waals surface area contributed by atoms with Gasteiger partial charge >= 0.3 is 0 Å². The molecule has 20 heteroatoms. The first-order valence-corrected chi connectivity index (χ1v) is 26.4. The van der Waals surface area contributed by atoms with E-state index in [0.29, 0.717) is 25.7 Å². The third-order valence-corrected chi connectivity index (χ3v) is 21.8. The summed E-state index contributed by atoms with van der Waals surface area (Å²) in [5.74, 6) is -6.38. The molecule has 0 spiro atoms. The molecule has 36 unspecified atom stereocenters. The predicted octanol–water partition coefficient (Wildman–Crippen LogP) is 6.09. The summed E-state index contributed by atoms with van der Waals surface area (Å²) >= 11 is 0. The van der Waals surface area contributed by atoms with Crippen LogP contribution in [0.15, 0.2) is 0 Å². The van der Waals surface area contributed by atoms with Crippen molar-refractivity contribution in [1.82, 2.24) is 42.5 Å². The molecular formula is C48H68F12N8. The van der Waals surface area contributed by atoms with Crippen molar-refractivity contribution in [2.75, 3.05) is 0 Å². The van der Waals surface area contributed by atoms with Gasteiger partial charge < -0.3 is 0 Å². The van der Waals surface area contributed by atoms with Crippen molar-refractivity contribution in [3.63, 3.8) is 0 Å². The lowest BCUT2D eigenvalue weighted by atomic mass is 9.60. The zero-order chi connectivity index (χ0) is 46.9. The van der Waals surface area contributed by atoms with Gasteiger partial charge in [0.2, 0.25) is 0 Å². The quantitative estimate of drug-likeness (QED) is 0.139. The van der Waals surface area contributed by atoms with E-state index < -0.39 is 147 Å². The first-order valence-electron chi connectivity index (χ1n) is 26.4. The molecular weight excluding hydrogens is 917 g/mol. The molecule has 5 aliphatic heterocycles. The average Bonchev–Trinajstić information content (AvgIpc) is 4.04. The van der Waals surface area contributed by atoms with Gasteiger partial charge in [0.15, 0.2) is 24.7 Å². The Morgan fingerprint density at radius 2 is 0.338 bits per heavy atom. The van der Waals surface area contributed by atoms with Crippen LogP contribution in [0.25, 0.3) is 0 Å². The molecule has 8 aliphatic carbocycles. The second kappa shape index (κ2) is 17.2. The van der Waals surface area contributed by atoms with Gasteiger partial charge in [0.1, 0.15) is 49.4 Å². The maximum atomic E-state index is 15.9.